The van der Waals surface area contributed by atoms with Crippen molar-refractivity contribution in [2.24, 2.45) is 0 Å². The smallest absolute Gasteiger partial charge is 0.246 e. The van der Waals surface area contributed by atoms with E-state index in [4.69, 9.17) is 16.3 Å². The van der Waals surface area contributed by atoms with Crippen molar-refractivity contribution in [3.8, 4) is 5.75 Å². The van der Waals surface area contributed by atoms with E-state index in [0.29, 0.717) is 30.5 Å². The van der Waals surface area contributed by atoms with Gasteiger partial charge in [-0.1, -0.05) is 25.4 Å². The van der Waals surface area contributed by atoms with E-state index in [1.807, 2.05) is 27.7 Å². The molecule has 4 nitrogen and oxygen atoms in total. The van der Waals surface area contributed by atoms with Crippen molar-refractivity contribution in [1.82, 2.24) is 4.31 Å². The van der Waals surface area contributed by atoms with E-state index in [1.54, 1.807) is 6.07 Å². The number of rotatable bonds is 8. The molecule has 1 rings (SSSR count). The fraction of sp³-hybridized carbons (Fsp3) is 0.600. The van der Waals surface area contributed by atoms with Crippen LogP contribution in [0.4, 0.5) is 0 Å². The molecule has 1 aromatic carbocycles. The van der Waals surface area contributed by atoms with Crippen LogP contribution in [0.1, 0.15) is 39.2 Å². The minimum Gasteiger partial charge on any atom is -0.492 e. The van der Waals surface area contributed by atoms with Crippen molar-refractivity contribution in [2.45, 2.75) is 45.4 Å². The highest BCUT2D eigenvalue weighted by Crippen LogP contribution is 2.32. The van der Waals surface area contributed by atoms with Gasteiger partial charge in [0.25, 0.3) is 0 Å². The number of ether oxygens (including phenoxy) is 1. The predicted octanol–water partition coefficient (Wildman–Crippen LogP) is 3.86. The molecule has 0 unspecified atom stereocenters. The lowest BCUT2D eigenvalue weighted by Gasteiger charge is -2.23. The molecule has 0 fully saturated rings. The van der Waals surface area contributed by atoms with Gasteiger partial charge < -0.3 is 4.74 Å². The Labute approximate surface area is 133 Å². The van der Waals surface area contributed by atoms with E-state index in [-0.39, 0.29) is 4.90 Å². The summed E-state index contributed by atoms with van der Waals surface area (Å²) < 4.78 is 32.7. The average Bonchev–Trinajstić information content (AvgIpc) is 2.42. The van der Waals surface area contributed by atoms with Crippen LogP contribution in [-0.4, -0.2) is 32.4 Å². The number of halogens is 1. The maximum absolute atomic E-state index is 12.9. The normalized spacial score (nSPS) is 11.9. The molecule has 6 heteroatoms. The lowest BCUT2D eigenvalue weighted by molar-refractivity contribution is 0.328. The third-order valence-electron chi connectivity index (χ3n) is 3.09. The van der Waals surface area contributed by atoms with Crippen molar-refractivity contribution in [3.63, 3.8) is 0 Å². The summed E-state index contributed by atoms with van der Waals surface area (Å²) in [5, 5.41) is 0.435. The molecule has 21 heavy (non-hydrogen) atoms. The topological polar surface area (TPSA) is 46.6 Å². The Kier molecular flexibility index (Phi) is 6.97. The van der Waals surface area contributed by atoms with Crippen LogP contribution in [0.25, 0.3) is 0 Å². The van der Waals surface area contributed by atoms with Gasteiger partial charge in [-0.15, -0.1) is 0 Å². The molecule has 0 aromatic heterocycles. The zero-order chi connectivity index (χ0) is 16.0. The molecule has 0 N–H and O–H groups in total. The molecule has 0 bridgehead atoms. The fourth-order valence-corrected chi connectivity index (χ4v) is 4.09. The first kappa shape index (κ1) is 18.3. The minimum atomic E-state index is -3.59. The Bertz CT molecular complexity index is 567. The summed E-state index contributed by atoms with van der Waals surface area (Å²) in [6.07, 6.45) is 1.53. The van der Waals surface area contributed by atoms with E-state index in [0.717, 1.165) is 18.4 Å². The fourth-order valence-electron chi connectivity index (χ4n) is 2.10. The molecule has 0 aliphatic heterocycles. The lowest BCUT2D eigenvalue weighted by atomic mass is 10.2. The van der Waals surface area contributed by atoms with Crippen LogP contribution in [0.3, 0.4) is 0 Å². The summed E-state index contributed by atoms with van der Waals surface area (Å²) in [4.78, 5) is 0.154. The summed E-state index contributed by atoms with van der Waals surface area (Å²) in [6.45, 7) is 8.98. The maximum Gasteiger partial charge on any atom is 0.246 e. The lowest BCUT2D eigenvalue weighted by Crippen LogP contribution is -2.33. The molecule has 0 aliphatic carbocycles. The Balaban J connectivity index is 3.37. The summed E-state index contributed by atoms with van der Waals surface area (Å²) >= 11 is 6.11. The van der Waals surface area contributed by atoms with E-state index in [1.165, 1.54) is 10.4 Å². The molecular weight excluding hydrogens is 310 g/mol. The summed E-state index contributed by atoms with van der Waals surface area (Å²) in [6, 6.07) is 3.18. The van der Waals surface area contributed by atoms with Crippen LogP contribution in [0, 0.1) is 6.92 Å². The van der Waals surface area contributed by atoms with E-state index in [2.05, 4.69) is 0 Å². The SMILES string of the molecule is CCCN(CCC)S(=O)(=O)c1cc(Cl)c(C)cc1OCC. The monoisotopic (exact) mass is 333 g/mol. The molecule has 0 amide bonds. The van der Waals surface area contributed by atoms with Gasteiger partial charge >= 0.3 is 0 Å². The molecule has 0 spiro atoms. The van der Waals surface area contributed by atoms with Crippen molar-refractivity contribution in [3.05, 3.63) is 22.7 Å². The first-order chi connectivity index (χ1) is 9.88. The zero-order valence-corrected chi connectivity index (χ0v) is 14.7. The number of benzene rings is 1. The van der Waals surface area contributed by atoms with E-state index >= 15 is 0 Å². The van der Waals surface area contributed by atoms with Gasteiger partial charge in [0.1, 0.15) is 10.6 Å². The zero-order valence-electron chi connectivity index (χ0n) is 13.1. The van der Waals surface area contributed by atoms with Gasteiger partial charge in [0.05, 0.1) is 6.61 Å². The van der Waals surface area contributed by atoms with Crippen molar-refractivity contribution in [1.29, 1.82) is 0 Å². The van der Waals surface area contributed by atoms with Gasteiger partial charge in [-0.25, -0.2) is 8.42 Å². The highest BCUT2D eigenvalue weighted by Gasteiger charge is 2.27. The summed E-state index contributed by atoms with van der Waals surface area (Å²) in [5.41, 5.74) is 0.802. The van der Waals surface area contributed by atoms with Crippen molar-refractivity contribution in [2.75, 3.05) is 19.7 Å². The third-order valence-corrected chi connectivity index (χ3v) is 5.42. The molecule has 0 aliphatic rings. The number of hydrogen-bond donors (Lipinski definition) is 0. The Morgan fingerprint density at radius 3 is 2.19 bits per heavy atom. The molecule has 120 valence electrons. The maximum atomic E-state index is 12.9. The average molecular weight is 334 g/mol. The highest BCUT2D eigenvalue weighted by atomic mass is 35.5. The van der Waals surface area contributed by atoms with Crippen LogP contribution in [0.15, 0.2) is 17.0 Å². The van der Waals surface area contributed by atoms with E-state index in [9.17, 15) is 8.42 Å². The summed E-state index contributed by atoms with van der Waals surface area (Å²) in [7, 11) is -3.59. The first-order valence-corrected chi connectivity index (χ1v) is 9.13. The van der Waals surface area contributed by atoms with Crippen LogP contribution in [0.5, 0.6) is 5.75 Å². The number of nitrogens with zero attached hydrogens (tertiary/aromatic N) is 1. The minimum absolute atomic E-state index is 0.154. The molecule has 0 atom stereocenters. The Morgan fingerprint density at radius 1 is 1.14 bits per heavy atom. The van der Waals surface area contributed by atoms with Crippen LogP contribution in [-0.2, 0) is 10.0 Å². The van der Waals surface area contributed by atoms with E-state index < -0.39 is 10.0 Å². The second-order valence-corrected chi connectivity index (χ2v) is 7.20. The molecule has 1 aromatic rings. The molecule has 0 saturated carbocycles. The van der Waals surface area contributed by atoms with Crippen LogP contribution in [0.2, 0.25) is 5.02 Å². The third kappa shape index (κ3) is 4.34. The van der Waals surface area contributed by atoms with Crippen LogP contribution >= 0.6 is 11.6 Å². The molecule has 0 radical (unpaired) electrons. The quantitative estimate of drug-likeness (QED) is 0.725. The van der Waals surface area contributed by atoms with Gasteiger partial charge in [0.2, 0.25) is 10.0 Å². The molecule has 0 heterocycles. The standard InChI is InChI=1S/C15H24ClNO3S/c1-5-8-17(9-6-2)21(18,19)15-11-13(16)12(4)10-14(15)20-7-3/h10-11H,5-9H2,1-4H3. The van der Waals surface area contributed by atoms with Gasteiger partial charge in [-0.2, -0.15) is 4.31 Å². The predicted molar refractivity (Wildman–Crippen MR) is 86.7 cm³/mol. The van der Waals surface area contributed by atoms with Crippen molar-refractivity contribution >= 4 is 21.6 Å². The van der Waals surface area contributed by atoms with Crippen molar-refractivity contribution < 1.29 is 13.2 Å². The Hall–Kier alpha value is -0.780. The molecule has 0 saturated heterocycles. The summed E-state index contributed by atoms with van der Waals surface area (Å²) in [5.74, 6) is 0.372. The van der Waals surface area contributed by atoms with Gasteiger partial charge in [0, 0.05) is 18.1 Å². The first-order valence-electron chi connectivity index (χ1n) is 7.31. The Morgan fingerprint density at radius 2 is 1.71 bits per heavy atom. The molecular formula is C15H24ClNO3S. The number of hydrogen-bond acceptors (Lipinski definition) is 3. The largest absolute Gasteiger partial charge is 0.492 e. The van der Waals surface area contributed by atoms with Gasteiger partial charge in [-0.3, -0.25) is 0 Å². The second-order valence-electron chi connectivity index (χ2n) is 4.89. The van der Waals surface area contributed by atoms with Crippen LogP contribution < -0.4 is 4.74 Å². The highest BCUT2D eigenvalue weighted by molar-refractivity contribution is 7.89. The second kappa shape index (κ2) is 8.01. The number of sulfonamides is 1. The van der Waals surface area contributed by atoms with Gasteiger partial charge in [-0.05, 0) is 44.4 Å². The number of aryl methyl sites for hydroxylation is 1. The van der Waals surface area contributed by atoms with Gasteiger partial charge in [0.15, 0.2) is 0 Å².